The Balaban J connectivity index is -0.000001000. The zero-order valence-corrected chi connectivity index (χ0v) is 46.6. The van der Waals surface area contributed by atoms with E-state index in [1.807, 2.05) is 27.7 Å². The van der Waals surface area contributed by atoms with Crippen molar-refractivity contribution in [2.24, 2.45) is 10.8 Å². The van der Waals surface area contributed by atoms with E-state index < -0.39 is 80.1 Å². The van der Waals surface area contributed by atoms with Gasteiger partial charge in [-0.25, -0.2) is 16.8 Å². The molecule has 0 atom stereocenters. The van der Waals surface area contributed by atoms with Gasteiger partial charge in [-0.1, -0.05) is 13.8 Å². The maximum absolute atomic E-state index is 12.1. The van der Waals surface area contributed by atoms with Crippen LogP contribution >= 0.6 is 0 Å². The Labute approximate surface area is 376 Å². The van der Waals surface area contributed by atoms with Gasteiger partial charge in [0, 0.05) is 6.26 Å². The SMILES string of the molecule is CCC(C)(C)C(=O)OCCC[Si](C)(C)O[Si](C)(C)O[Si](C)(C)O[Si](C)(C)O[Si](C)(C)C.CCC(C)(C)C(=O)OCCOCCOS(=O)(=O)[N-]S(C)(=O)=O.[K+]. The molecule has 15 nitrogen and oxygen atoms in total. The number of carbonyl (C=O) groups is 2. The van der Waals surface area contributed by atoms with Crippen molar-refractivity contribution in [3.8, 4) is 0 Å². The number of hydrogen-bond donors (Lipinski definition) is 0. The first-order valence-electron chi connectivity index (χ1n) is 18.0. The third-order valence-electron chi connectivity index (χ3n) is 7.23. The van der Waals surface area contributed by atoms with E-state index in [4.69, 9.17) is 30.7 Å². The minimum atomic E-state index is -4.50. The van der Waals surface area contributed by atoms with Crippen molar-refractivity contribution < 1.29 is 113 Å². The second kappa shape index (κ2) is 24.5. The minimum absolute atomic E-state index is 0. The topological polar surface area (TPSA) is 190 Å². The molecule has 0 aliphatic rings. The Morgan fingerprint density at radius 2 is 0.981 bits per heavy atom. The van der Waals surface area contributed by atoms with Gasteiger partial charge in [0.05, 0.1) is 47.3 Å². The molecular formula is C31H72KNO14S2Si5. The van der Waals surface area contributed by atoms with E-state index >= 15 is 0 Å². The van der Waals surface area contributed by atoms with E-state index in [9.17, 15) is 26.4 Å². The van der Waals surface area contributed by atoms with Gasteiger partial charge in [0.25, 0.3) is 0 Å². The van der Waals surface area contributed by atoms with Crippen LogP contribution in [-0.2, 0) is 64.8 Å². The molecule has 318 valence electrons. The van der Waals surface area contributed by atoms with Crippen molar-refractivity contribution in [2.75, 3.05) is 39.3 Å². The van der Waals surface area contributed by atoms with Crippen molar-refractivity contribution in [1.29, 1.82) is 0 Å². The van der Waals surface area contributed by atoms with Crippen LogP contribution in [0, 0.1) is 10.8 Å². The van der Waals surface area contributed by atoms with Crippen LogP contribution in [0.1, 0.15) is 60.8 Å². The molecule has 23 heteroatoms. The monoisotopic (exact) mass is 925 g/mol. The Hall–Kier alpha value is 1.28. The molecule has 0 aliphatic heterocycles. The number of nitrogens with zero attached hydrogens (tertiary/aromatic N) is 1. The van der Waals surface area contributed by atoms with Gasteiger partial charge in [0.1, 0.15) is 6.61 Å². The van der Waals surface area contributed by atoms with Crippen LogP contribution in [-0.4, -0.2) is 110 Å². The number of hydrogen-bond acceptors (Lipinski definition) is 14. The molecule has 54 heavy (non-hydrogen) atoms. The molecule has 0 amide bonds. The van der Waals surface area contributed by atoms with Gasteiger partial charge in [-0.2, -0.15) is 0 Å². The fraction of sp³-hybridized carbons (Fsp3) is 0.935. The molecule has 0 rings (SSSR count). The van der Waals surface area contributed by atoms with E-state index in [0.717, 1.165) is 18.9 Å². The van der Waals surface area contributed by atoms with E-state index in [1.165, 1.54) is 0 Å². The standard InChI is InChI=1S/C20H50O6Si5.C11H22NO8S2.K/c1-15-20(2,3)19(21)22-17-16-18-28(7,8)24-30(11,12)26-31(13,14)25-29(9,10)23-27(4,5)6;1-5-11(2,3)10(13)19-8-6-18-7-9-20-22(16,17)12-21(4,14)15;/h15-18H2,1-14H3;5-9H2,1-4H3;/q;-1;+1. The molecule has 0 aromatic rings. The van der Waals surface area contributed by atoms with Crippen LogP contribution in [0.15, 0.2) is 0 Å². The minimum Gasteiger partial charge on any atom is -0.465 e. The van der Waals surface area contributed by atoms with Gasteiger partial charge in [-0.05, 0) is 125 Å². The zero-order valence-electron chi connectivity index (χ0n) is 36.8. The van der Waals surface area contributed by atoms with Gasteiger partial charge >= 0.3 is 89.0 Å². The quantitative estimate of drug-likeness (QED) is 0.0721. The predicted molar refractivity (Wildman–Crippen MR) is 221 cm³/mol. The number of esters is 2. The average Bonchev–Trinajstić information content (AvgIpc) is 2.90. The molecule has 0 fully saturated rings. The summed E-state index contributed by atoms with van der Waals surface area (Å²) in [7, 11) is -19.2. The Bertz CT molecular complexity index is 1360. The van der Waals surface area contributed by atoms with Crippen LogP contribution in [0.4, 0.5) is 0 Å². The summed E-state index contributed by atoms with van der Waals surface area (Å²) in [4.78, 5) is 23.7. The van der Waals surface area contributed by atoms with Crippen molar-refractivity contribution >= 4 is 74.6 Å². The number of sulfonamides is 1. The molecule has 0 aliphatic carbocycles. The molecular weight excluding hydrogens is 854 g/mol. The van der Waals surface area contributed by atoms with Crippen molar-refractivity contribution in [1.82, 2.24) is 0 Å². The summed E-state index contributed by atoms with van der Waals surface area (Å²) >= 11 is 0. The van der Waals surface area contributed by atoms with Crippen LogP contribution in [0.5, 0.6) is 0 Å². The van der Waals surface area contributed by atoms with Gasteiger partial charge in [0.2, 0.25) is 10.3 Å². The molecule has 0 radical (unpaired) electrons. The largest absolute Gasteiger partial charge is 1.00 e. The molecule has 0 aromatic heterocycles. The molecule has 0 heterocycles. The Morgan fingerprint density at radius 3 is 1.39 bits per heavy atom. The fourth-order valence-electron chi connectivity index (χ4n) is 4.72. The molecule has 0 unspecified atom stereocenters. The number of ether oxygens (including phenoxy) is 3. The van der Waals surface area contributed by atoms with E-state index in [-0.39, 0.29) is 83.1 Å². The molecule has 0 spiro atoms. The molecule has 0 saturated carbocycles. The molecule has 0 aromatic carbocycles. The van der Waals surface area contributed by atoms with Crippen LogP contribution < -0.4 is 51.4 Å². The van der Waals surface area contributed by atoms with Crippen molar-refractivity contribution in [2.45, 2.75) is 139 Å². The molecule has 0 saturated heterocycles. The third kappa shape index (κ3) is 31.2. The van der Waals surface area contributed by atoms with Crippen LogP contribution in [0.2, 0.25) is 78.1 Å². The maximum atomic E-state index is 12.1. The first kappa shape index (κ1) is 59.6. The summed E-state index contributed by atoms with van der Waals surface area (Å²) in [6, 6.07) is 0.925. The van der Waals surface area contributed by atoms with Gasteiger partial charge in [-0.15, -0.1) is 0 Å². The van der Waals surface area contributed by atoms with E-state index in [1.54, 1.807) is 13.8 Å². The summed E-state index contributed by atoms with van der Waals surface area (Å²) in [5, 5.41) is 0. The Kier molecular flexibility index (Phi) is 27.1. The predicted octanol–water partition coefficient (Wildman–Crippen LogP) is 4.15. The first-order valence-corrected chi connectivity index (χ1v) is 36.2. The van der Waals surface area contributed by atoms with E-state index in [2.05, 4.69) is 80.3 Å². The maximum Gasteiger partial charge on any atom is 1.00 e. The van der Waals surface area contributed by atoms with Crippen molar-refractivity contribution in [3.05, 3.63) is 4.13 Å². The summed E-state index contributed by atoms with van der Waals surface area (Å²) in [6.07, 6.45) is 2.87. The average molecular weight is 927 g/mol. The fourth-order valence-corrected chi connectivity index (χ4v) is 30.2. The van der Waals surface area contributed by atoms with Gasteiger partial charge in [-0.3, -0.25) is 13.8 Å². The zero-order chi connectivity index (χ0) is 42.4. The summed E-state index contributed by atoms with van der Waals surface area (Å²) < 4.78 is 91.9. The third-order valence-corrected chi connectivity index (χ3v) is 27.5. The van der Waals surface area contributed by atoms with Gasteiger partial charge < -0.3 is 34.8 Å². The number of carbonyl (C=O) groups excluding carboxylic acids is 2. The van der Waals surface area contributed by atoms with Crippen molar-refractivity contribution in [3.63, 3.8) is 0 Å². The smallest absolute Gasteiger partial charge is 0.465 e. The Morgan fingerprint density at radius 1 is 0.593 bits per heavy atom. The molecule has 0 bridgehead atoms. The number of rotatable bonds is 25. The van der Waals surface area contributed by atoms with E-state index in [0.29, 0.717) is 19.3 Å². The normalized spacial score (nSPS) is 13.7. The summed E-state index contributed by atoms with van der Waals surface area (Å²) in [5.41, 5.74) is -0.983. The molecule has 0 N–H and O–H groups in total. The second-order valence-corrected chi connectivity index (χ2v) is 40.1. The summed E-state index contributed by atoms with van der Waals surface area (Å²) in [6.45, 7) is 34.9. The van der Waals surface area contributed by atoms with Crippen LogP contribution in [0.25, 0.3) is 4.13 Å². The first-order chi connectivity index (χ1) is 23.4. The van der Waals surface area contributed by atoms with Crippen LogP contribution in [0.3, 0.4) is 0 Å². The van der Waals surface area contributed by atoms with Gasteiger partial charge in [0.15, 0.2) is 16.6 Å². The summed E-state index contributed by atoms with van der Waals surface area (Å²) in [5.74, 6) is -0.463. The second-order valence-electron chi connectivity index (χ2n) is 17.0.